The van der Waals surface area contributed by atoms with Crippen LogP contribution in [0.2, 0.25) is 0 Å². The van der Waals surface area contributed by atoms with Gasteiger partial charge in [0.1, 0.15) is 0 Å². The summed E-state index contributed by atoms with van der Waals surface area (Å²) in [7, 11) is 0. The molecule has 84 valence electrons. The van der Waals surface area contributed by atoms with Crippen molar-refractivity contribution in [3.63, 3.8) is 0 Å². The van der Waals surface area contributed by atoms with Crippen molar-refractivity contribution < 1.29 is 4.79 Å². The lowest BCUT2D eigenvalue weighted by Gasteiger charge is -2.18. The molecule has 3 heteroatoms. The number of benzene rings is 1. The van der Waals surface area contributed by atoms with Gasteiger partial charge in [-0.3, -0.25) is 7.91 Å². The van der Waals surface area contributed by atoms with E-state index in [-0.39, 0.29) is 11.8 Å². The molecule has 1 aromatic rings. The third kappa shape index (κ3) is 2.14. The van der Waals surface area contributed by atoms with Crippen molar-refractivity contribution in [3.8, 4) is 0 Å². The molecule has 0 saturated heterocycles. The number of amides is 1. The summed E-state index contributed by atoms with van der Waals surface area (Å²) in [6.07, 6.45) is 6.04. The van der Waals surface area contributed by atoms with E-state index in [1.54, 1.807) is 3.11 Å². The summed E-state index contributed by atoms with van der Waals surface area (Å²) in [6, 6.07) is 7.99. The molecule has 1 aromatic carbocycles. The van der Waals surface area contributed by atoms with Crippen LogP contribution in [0, 0.1) is 5.92 Å². The highest BCUT2D eigenvalue weighted by atomic mass is 127. The lowest BCUT2D eigenvalue weighted by Crippen LogP contribution is -2.26. The lowest BCUT2D eigenvalue weighted by molar-refractivity contribution is -0.119. The van der Waals surface area contributed by atoms with Crippen molar-refractivity contribution in [2.24, 2.45) is 5.92 Å². The van der Waals surface area contributed by atoms with Gasteiger partial charge in [-0.05, 0) is 18.1 Å². The molecule has 1 aliphatic heterocycles. The Balaban J connectivity index is 2.39. The van der Waals surface area contributed by atoms with Gasteiger partial charge < -0.3 is 0 Å². The van der Waals surface area contributed by atoms with Gasteiger partial charge in [-0.15, -0.1) is 0 Å². The molecular formula is C13H14INO. The monoisotopic (exact) mass is 327 g/mol. The maximum atomic E-state index is 12.2. The van der Waals surface area contributed by atoms with Crippen LogP contribution >= 0.6 is 22.9 Å². The van der Waals surface area contributed by atoms with Crippen LogP contribution in [0.3, 0.4) is 0 Å². The predicted molar refractivity (Wildman–Crippen MR) is 75.4 cm³/mol. The van der Waals surface area contributed by atoms with Crippen LogP contribution in [0.5, 0.6) is 0 Å². The SMILES string of the molecule is CCCC1C=Cc2ccccc2N(I)C1=O. The van der Waals surface area contributed by atoms with Crippen molar-refractivity contribution in [2.45, 2.75) is 19.8 Å². The smallest absolute Gasteiger partial charge is 0.242 e. The Morgan fingerprint density at radius 2 is 2.12 bits per heavy atom. The molecule has 1 heterocycles. The van der Waals surface area contributed by atoms with Gasteiger partial charge in [-0.1, -0.05) is 43.7 Å². The molecule has 2 rings (SSSR count). The zero-order valence-corrected chi connectivity index (χ0v) is 11.3. The van der Waals surface area contributed by atoms with Gasteiger partial charge in [0.05, 0.1) is 34.5 Å². The van der Waals surface area contributed by atoms with Gasteiger partial charge in [0.2, 0.25) is 5.91 Å². The number of para-hydroxylation sites is 1. The maximum Gasteiger partial charge on any atom is 0.242 e. The molecule has 0 aliphatic carbocycles. The lowest BCUT2D eigenvalue weighted by atomic mass is 10.0. The minimum atomic E-state index is 0.0225. The second-order valence-corrected chi connectivity index (χ2v) is 4.90. The summed E-state index contributed by atoms with van der Waals surface area (Å²) >= 11 is 2.10. The fourth-order valence-corrected chi connectivity index (χ4v) is 2.70. The van der Waals surface area contributed by atoms with Gasteiger partial charge in [-0.25, -0.2) is 0 Å². The fourth-order valence-electron chi connectivity index (χ4n) is 1.90. The molecule has 2 nitrogen and oxygen atoms in total. The number of nitrogens with zero attached hydrogens (tertiary/aromatic N) is 1. The number of carbonyl (C=O) groups is 1. The molecule has 1 aliphatic rings. The molecule has 0 radical (unpaired) electrons. The number of rotatable bonds is 2. The Morgan fingerprint density at radius 1 is 1.38 bits per heavy atom. The van der Waals surface area contributed by atoms with E-state index in [9.17, 15) is 4.79 Å². The first-order valence-corrected chi connectivity index (χ1v) is 6.47. The Bertz CT molecular complexity index is 428. The zero-order valence-electron chi connectivity index (χ0n) is 9.19. The molecule has 1 amide bonds. The Kier molecular flexibility index (Phi) is 3.63. The van der Waals surface area contributed by atoms with Crippen LogP contribution < -0.4 is 3.11 Å². The summed E-state index contributed by atoms with van der Waals surface area (Å²) in [5.74, 6) is 0.206. The summed E-state index contributed by atoms with van der Waals surface area (Å²) < 4.78 is 1.74. The molecule has 0 aromatic heterocycles. The van der Waals surface area contributed by atoms with Crippen LogP contribution in [0.15, 0.2) is 30.3 Å². The van der Waals surface area contributed by atoms with E-state index in [4.69, 9.17) is 0 Å². The number of hydrogen-bond acceptors (Lipinski definition) is 1. The minimum absolute atomic E-state index is 0.0225. The summed E-state index contributed by atoms with van der Waals surface area (Å²) in [5, 5.41) is 0. The first-order chi connectivity index (χ1) is 7.74. The van der Waals surface area contributed by atoms with Crippen LogP contribution in [0.4, 0.5) is 5.69 Å². The van der Waals surface area contributed by atoms with E-state index in [0.29, 0.717) is 0 Å². The van der Waals surface area contributed by atoms with E-state index in [0.717, 1.165) is 24.1 Å². The fraction of sp³-hybridized carbons (Fsp3) is 0.308. The van der Waals surface area contributed by atoms with Crippen molar-refractivity contribution >= 4 is 40.5 Å². The quantitative estimate of drug-likeness (QED) is 0.597. The number of carbonyl (C=O) groups excluding carboxylic acids is 1. The number of fused-ring (bicyclic) bond motifs is 1. The van der Waals surface area contributed by atoms with Gasteiger partial charge in [0, 0.05) is 0 Å². The first kappa shape index (κ1) is 11.6. The van der Waals surface area contributed by atoms with Gasteiger partial charge >= 0.3 is 0 Å². The van der Waals surface area contributed by atoms with Crippen molar-refractivity contribution in [1.29, 1.82) is 0 Å². The average Bonchev–Trinajstić information content (AvgIpc) is 2.43. The largest absolute Gasteiger partial charge is 0.273 e. The van der Waals surface area contributed by atoms with E-state index in [2.05, 4.69) is 35.9 Å². The van der Waals surface area contributed by atoms with Gasteiger partial charge in [0.15, 0.2) is 0 Å². The number of hydrogen-bond donors (Lipinski definition) is 0. The molecule has 0 fully saturated rings. The highest BCUT2D eigenvalue weighted by Crippen LogP contribution is 2.31. The first-order valence-electron chi connectivity index (χ1n) is 5.51. The van der Waals surface area contributed by atoms with Crippen LogP contribution in [-0.4, -0.2) is 5.91 Å². The standard InChI is InChI=1S/C13H14INO/c1-2-5-11-9-8-10-6-3-4-7-12(10)15(14)13(11)16/h3-4,6-9,11H,2,5H2,1H3. The third-order valence-electron chi connectivity index (χ3n) is 2.77. The Morgan fingerprint density at radius 3 is 2.88 bits per heavy atom. The second-order valence-electron chi connectivity index (χ2n) is 3.93. The molecule has 16 heavy (non-hydrogen) atoms. The molecule has 0 spiro atoms. The normalized spacial score (nSPS) is 19.5. The molecule has 0 bridgehead atoms. The molecule has 1 atom stereocenters. The van der Waals surface area contributed by atoms with E-state index < -0.39 is 0 Å². The van der Waals surface area contributed by atoms with Crippen LogP contribution in [0.25, 0.3) is 6.08 Å². The minimum Gasteiger partial charge on any atom is -0.273 e. The maximum absolute atomic E-state index is 12.2. The van der Waals surface area contributed by atoms with Crippen LogP contribution in [0.1, 0.15) is 25.3 Å². The van der Waals surface area contributed by atoms with E-state index in [1.807, 2.05) is 30.3 Å². The Labute approximate surface area is 110 Å². The highest BCUT2D eigenvalue weighted by molar-refractivity contribution is 14.1. The highest BCUT2D eigenvalue weighted by Gasteiger charge is 2.24. The second kappa shape index (κ2) is 4.99. The van der Waals surface area contributed by atoms with E-state index in [1.165, 1.54) is 0 Å². The molecular weight excluding hydrogens is 313 g/mol. The number of anilines is 1. The average molecular weight is 327 g/mol. The van der Waals surface area contributed by atoms with E-state index >= 15 is 0 Å². The molecule has 0 N–H and O–H groups in total. The third-order valence-corrected chi connectivity index (χ3v) is 3.76. The molecule has 1 unspecified atom stereocenters. The zero-order chi connectivity index (χ0) is 11.5. The van der Waals surface area contributed by atoms with Crippen molar-refractivity contribution in [3.05, 3.63) is 35.9 Å². The topological polar surface area (TPSA) is 20.3 Å². The number of halogens is 1. The van der Waals surface area contributed by atoms with Crippen LogP contribution in [-0.2, 0) is 4.79 Å². The summed E-state index contributed by atoms with van der Waals surface area (Å²) in [4.78, 5) is 12.2. The Hall–Kier alpha value is -0.840. The van der Waals surface area contributed by atoms with Crippen molar-refractivity contribution in [2.75, 3.05) is 3.11 Å². The van der Waals surface area contributed by atoms with Gasteiger partial charge in [0.25, 0.3) is 0 Å². The van der Waals surface area contributed by atoms with Crippen molar-refractivity contribution in [1.82, 2.24) is 0 Å². The summed E-state index contributed by atoms with van der Waals surface area (Å²) in [6.45, 7) is 2.11. The predicted octanol–water partition coefficient (Wildman–Crippen LogP) is 3.81. The molecule has 0 saturated carbocycles. The van der Waals surface area contributed by atoms with Gasteiger partial charge in [-0.2, -0.15) is 0 Å². The summed E-state index contributed by atoms with van der Waals surface area (Å²) in [5.41, 5.74) is 2.10.